The molecule has 1 aromatic heterocycles. The predicted octanol–water partition coefficient (Wildman–Crippen LogP) is 0.803. The molecule has 1 fully saturated rings. The lowest BCUT2D eigenvalue weighted by Crippen LogP contribution is -2.39. The van der Waals surface area contributed by atoms with E-state index >= 15 is 0 Å². The maximum Gasteiger partial charge on any atom is 0.220 e. The largest absolute Gasteiger partial charge is 0.369 e. The van der Waals surface area contributed by atoms with Crippen LogP contribution in [0.15, 0.2) is 18.3 Å². The van der Waals surface area contributed by atoms with Crippen molar-refractivity contribution < 1.29 is 4.79 Å². The molecule has 98 valence electrons. The third kappa shape index (κ3) is 2.79. The zero-order chi connectivity index (χ0) is 13.1. The van der Waals surface area contributed by atoms with Crippen LogP contribution in [-0.2, 0) is 4.79 Å². The van der Waals surface area contributed by atoms with Crippen molar-refractivity contribution in [1.82, 2.24) is 4.98 Å². The molecule has 0 aromatic carbocycles. The first-order chi connectivity index (χ1) is 8.58. The minimum atomic E-state index is -0.188. The SMILES string of the molecule is CC(N)c1ccnc(N2CCC(C(N)=O)CC2)c1. The number of pyridine rings is 1. The van der Waals surface area contributed by atoms with E-state index in [4.69, 9.17) is 11.5 Å². The molecule has 0 spiro atoms. The summed E-state index contributed by atoms with van der Waals surface area (Å²) in [6.07, 6.45) is 3.40. The molecule has 5 heteroatoms. The Morgan fingerprint density at radius 2 is 2.17 bits per heavy atom. The number of piperidine rings is 1. The number of amides is 1. The molecule has 1 unspecified atom stereocenters. The summed E-state index contributed by atoms with van der Waals surface area (Å²) in [4.78, 5) is 17.7. The molecular weight excluding hydrogens is 228 g/mol. The van der Waals surface area contributed by atoms with Crippen LogP contribution >= 0.6 is 0 Å². The van der Waals surface area contributed by atoms with Gasteiger partial charge in [-0.25, -0.2) is 4.98 Å². The van der Waals surface area contributed by atoms with Gasteiger partial charge in [0.25, 0.3) is 0 Å². The van der Waals surface area contributed by atoms with Gasteiger partial charge in [0.2, 0.25) is 5.91 Å². The molecule has 4 N–H and O–H groups in total. The van der Waals surface area contributed by atoms with Crippen molar-refractivity contribution in [3.05, 3.63) is 23.9 Å². The van der Waals surface area contributed by atoms with Crippen molar-refractivity contribution in [2.24, 2.45) is 17.4 Å². The fourth-order valence-corrected chi connectivity index (χ4v) is 2.28. The molecule has 1 saturated heterocycles. The standard InChI is InChI=1S/C13H20N4O/c1-9(14)11-2-5-16-12(8-11)17-6-3-10(4-7-17)13(15)18/h2,5,8-10H,3-4,6-7,14H2,1H3,(H2,15,18). The molecule has 5 nitrogen and oxygen atoms in total. The highest BCUT2D eigenvalue weighted by Gasteiger charge is 2.23. The number of primary amides is 1. The first kappa shape index (κ1) is 12.8. The maximum absolute atomic E-state index is 11.1. The van der Waals surface area contributed by atoms with Gasteiger partial charge in [0.1, 0.15) is 5.82 Å². The van der Waals surface area contributed by atoms with Gasteiger partial charge >= 0.3 is 0 Å². The predicted molar refractivity (Wildman–Crippen MR) is 71.0 cm³/mol. The zero-order valence-corrected chi connectivity index (χ0v) is 10.7. The molecule has 0 saturated carbocycles. The molecule has 2 rings (SSSR count). The summed E-state index contributed by atoms with van der Waals surface area (Å²) < 4.78 is 0. The van der Waals surface area contributed by atoms with Crippen LogP contribution in [-0.4, -0.2) is 24.0 Å². The van der Waals surface area contributed by atoms with E-state index in [0.717, 1.165) is 37.3 Å². The number of rotatable bonds is 3. The number of hydrogen-bond acceptors (Lipinski definition) is 4. The Morgan fingerprint density at radius 1 is 1.50 bits per heavy atom. The van der Waals surface area contributed by atoms with Gasteiger partial charge in [0, 0.05) is 31.2 Å². The first-order valence-corrected chi connectivity index (χ1v) is 6.33. The van der Waals surface area contributed by atoms with E-state index in [9.17, 15) is 4.79 Å². The average Bonchev–Trinajstić information content (AvgIpc) is 2.39. The molecule has 2 heterocycles. The fraction of sp³-hybridized carbons (Fsp3) is 0.538. The Morgan fingerprint density at radius 3 is 2.72 bits per heavy atom. The topological polar surface area (TPSA) is 85.2 Å². The maximum atomic E-state index is 11.1. The van der Waals surface area contributed by atoms with Gasteiger partial charge in [-0.1, -0.05) is 0 Å². The quantitative estimate of drug-likeness (QED) is 0.828. The van der Waals surface area contributed by atoms with Crippen molar-refractivity contribution in [3.63, 3.8) is 0 Å². The van der Waals surface area contributed by atoms with Crippen LogP contribution < -0.4 is 16.4 Å². The third-order valence-corrected chi connectivity index (χ3v) is 3.52. The van der Waals surface area contributed by atoms with Crippen molar-refractivity contribution in [3.8, 4) is 0 Å². The number of anilines is 1. The van der Waals surface area contributed by atoms with E-state index < -0.39 is 0 Å². The highest BCUT2D eigenvalue weighted by molar-refractivity contribution is 5.76. The summed E-state index contributed by atoms with van der Waals surface area (Å²) in [5.74, 6) is 0.762. The number of nitrogens with two attached hydrogens (primary N) is 2. The van der Waals surface area contributed by atoms with Crippen LogP contribution in [0.25, 0.3) is 0 Å². The second kappa shape index (κ2) is 5.35. The lowest BCUT2D eigenvalue weighted by Gasteiger charge is -2.31. The van der Waals surface area contributed by atoms with Gasteiger partial charge in [-0.05, 0) is 37.5 Å². The zero-order valence-electron chi connectivity index (χ0n) is 10.7. The van der Waals surface area contributed by atoms with E-state index in [2.05, 4.69) is 9.88 Å². The van der Waals surface area contributed by atoms with Crippen LogP contribution in [0.3, 0.4) is 0 Å². The normalized spacial score (nSPS) is 18.7. The molecule has 1 aromatic rings. The Hall–Kier alpha value is -1.62. The summed E-state index contributed by atoms with van der Waals surface area (Å²) in [5, 5.41) is 0. The Bertz CT molecular complexity index is 425. The molecular formula is C13H20N4O. The monoisotopic (exact) mass is 248 g/mol. The first-order valence-electron chi connectivity index (χ1n) is 6.33. The van der Waals surface area contributed by atoms with E-state index in [1.165, 1.54) is 0 Å². The minimum absolute atomic E-state index is 0.00917. The Balaban J connectivity index is 2.05. The highest BCUT2D eigenvalue weighted by atomic mass is 16.1. The van der Waals surface area contributed by atoms with Crippen molar-refractivity contribution in [1.29, 1.82) is 0 Å². The molecule has 0 radical (unpaired) electrons. The summed E-state index contributed by atoms with van der Waals surface area (Å²) in [6.45, 7) is 3.60. The van der Waals surface area contributed by atoms with E-state index in [-0.39, 0.29) is 17.9 Å². The molecule has 1 aliphatic heterocycles. The van der Waals surface area contributed by atoms with Crippen LogP contribution in [0.1, 0.15) is 31.4 Å². The lowest BCUT2D eigenvalue weighted by molar-refractivity contribution is -0.122. The van der Waals surface area contributed by atoms with Crippen LogP contribution in [0, 0.1) is 5.92 Å². The Kier molecular flexibility index (Phi) is 3.81. The molecule has 1 atom stereocenters. The minimum Gasteiger partial charge on any atom is -0.369 e. The average molecular weight is 248 g/mol. The fourth-order valence-electron chi connectivity index (χ4n) is 2.28. The van der Waals surface area contributed by atoms with Crippen LogP contribution in [0.4, 0.5) is 5.82 Å². The second-order valence-electron chi connectivity index (χ2n) is 4.90. The van der Waals surface area contributed by atoms with Crippen LogP contribution in [0.2, 0.25) is 0 Å². The molecule has 0 bridgehead atoms. The van der Waals surface area contributed by atoms with E-state index in [0.29, 0.717) is 0 Å². The Labute approximate surface area is 107 Å². The van der Waals surface area contributed by atoms with Gasteiger partial charge in [-0.15, -0.1) is 0 Å². The number of carbonyl (C=O) groups is 1. The van der Waals surface area contributed by atoms with Gasteiger partial charge in [0.15, 0.2) is 0 Å². The molecule has 1 amide bonds. The van der Waals surface area contributed by atoms with Crippen molar-refractivity contribution in [2.75, 3.05) is 18.0 Å². The van der Waals surface area contributed by atoms with Gasteiger partial charge < -0.3 is 16.4 Å². The van der Waals surface area contributed by atoms with Gasteiger partial charge in [-0.2, -0.15) is 0 Å². The number of carbonyl (C=O) groups excluding carboxylic acids is 1. The molecule has 18 heavy (non-hydrogen) atoms. The van der Waals surface area contributed by atoms with E-state index in [1.54, 1.807) is 6.20 Å². The second-order valence-corrected chi connectivity index (χ2v) is 4.90. The van der Waals surface area contributed by atoms with Gasteiger partial charge in [-0.3, -0.25) is 4.79 Å². The van der Waals surface area contributed by atoms with Crippen LogP contribution in [0.5, 0.6) is 0 Å². The summed E-state index contributed by atoms with van der Waals surface area (Å²) in [5.41, 5.74) is 12.3. The van der Waals surface area contributed by atoms with Crippen molar-refractivity contribution >= 4 is 11.7 Å². The van der Waals surface area contributed by atoms with Crippen molar-refractivity contribution in [2.45, 2.75) is 25.8 Å². The van der Waals surface area contributed by atoms with Gasteiger partial charge in [0.05, 0.1) is 0 Å². The molecule has 0 aliphatic carbocycles. The summed E-state index contributed by atoms with van der Waals surface area (Å²) in [6, 6.07) is 3.97. The number of aromatic nitrogens is 1. The smallest absolute Gasteiger partial charge is 0.220 e. The highest BCUT2D eigenvalue weighted by Crippen LogP contribution is 2.23. The van der Waals surface area contributed by atoms with E-state index in [1.807, 2.05) is 19.1 Å². The summed E-state index contributed by atoms with van der Waals surface area (Å²) >= 11 is 0. The number of hydrogen-bond donors (Lipinski definition) is 2. The molecule has 1 aliphatic rings. The number of nitrogens with zero attached hydrogens (tertiary/aromatic N) is 2. The lowest BCUT2D eigenvalue weighted by atomic mass is 9.96. The summed E-state index contributed by atoms with van der Waals surface area (Å²) in [7, 11) is 0. The third-order valence-electron chi connectivity index (χ3n) is 3.52.